The number of amides is 1. The number of carbonyl (C=O) groups excluding carboxylic acids is 1. The summed E-state index contributed by atoms with van der Waals surface area (Å²) in [5, 5.41) is 21.3. The number of hydrogen-bond donors (Lipinski definition) is 2. The van der Waals surface area contributed by atoms with Crippen LogP contribution in [0.5, 0.6) is 0 Å². The molecule has 112 valence electrons. The molecule has 0 aromatic heterocycles. The molecule has 0 radical (unpaired) electrons. The van der Waals surface area contributed by atoms with Gasteiger partial charge >= 0.3 is 11.7 Å². The van der Waals surface area contributed by atoms with E-state index in [0.29, 0.717) is 6.07 Å². The molecule has 9 heteroatoms. The van der Waals surface area contributed by atoms with Crippen molar-refractivity contribution in [2.24, 2.45) is 0 Å². The zero-order chi connectivity index (χ0) is 16.2. The molecule has 0 aliphatic heterocycles. The maximum atomic E-state index is 13.5. The molecule has 1 atom stereocenters. The van der Waals surface area contributed by atoms with Gasteiger partial charge in [-0.2, -0.15) is 4.39 Å². The number of nitrogens with zero attached hydrogens (tertiary/aromatic N) is 1. The van der Waals surface area contributed by atoms with Crippen LogP contribution < -0.4 is 5.32 Å². The van der Waals surface area contributed by atoms with Gasteiger partial charge in [-0.05, 0) is 6.42 Å². The van der Waals surface area contributed by atoms with Crippen LogP contribution in [-0.2, 0) is 4.79 Å². The van der Waals surface area contributed by atoms with E-state index < -0.39 is 45.7 Å². The normalized spacial score (nSPS) is 11.5. The lowest BCUT2D eigenvalue weighted by molar-refractivity contribution is -0.387. The van der Waals surface area contributed by atoms with Gasteiger partial charge in [-0.25, -0.2) is 9.18 Å². The first-order chi connectivity index (χ1) is 9.77. The Hall–Kier alpha value is -2.84. The molecule has 21 heavy (non-hydrogen) atoms. The van der Waals surface area contributed by atoms with Crippen LogP contribution in [0.4, 0.5) is 14.5 Å². The van der Waals surface area contributed by atoms with Crippen molar-refractivity contribution in [2.45, 2.75) is 12.5 Å². The van der Waals surface area contributed by atoms with E-state index in [4.69, 9.17) is 5.11 Å². The van der Waals surface area contributed by atoms with Gasteiger partial charge in [-0.1, -0.05) is 6.08 Å². The van der Waals surface area contributed by atoms with Crippen molar-refractivity contribution in [1.82, 2.24) is 5.32 Å². The molecule has 0 fully saturated rings. The third-order valence-electron chi connectivity index (χ3n) is 2.48. The summed E-state index contributed by atoms with van der Waals surface area (Å²) in [7, 11) is 0. The van der Waals surface area contributed by atoms with Crippen molar-refractivity contribution >= 4 is 17.6 Å². The molecular formula is C12H10F2N2O5. The van der Waals surface area contributed by atoms with E-state index in [1.54, 1.807) is 0 Å². The number of carboxylic acid groups (broad SMARTS) is 1. The summed E-state index contributed by atoms with van der Waals surface area (Å²) >= 11 is 0. The van der Waals surface area contributed by atoms with E-state index in [2.05, 4.69) is 6.58 Å². The van der Waals surface area contributed by atoms with Crippen molar-refractivity contribution in [3.63, 3.8) is 0 Å². The predicted octanol–water partition coefficient (Wildman–Crippen LogP) is 1.63. The molecule has 0 saturated carbocycles. The molecule has 7 nitrogen and oxygen atoms in total. The quantitative estimate of drug-likeness (QED) is 0.471. The lowest BCUT2D eigenvalue weighted by atomic mass is 10.1. The van der Waals surface area contributed by atoms with Gasteiger partial charge in [-0.15, -0.1) is 6.58 Å². The lowest BCUT2D eigenvalue weighted by Gasteiger charge is -2.12. The molecule has 0 saturated heterocycles. The summed E-state index contributed by atoms with van der Waals surface area (Å²) in [5.74, 6) is -5.36. The average molecular weight is 300 g/mol. The Kier molecular flexibility index (Phi) is 5.06. The minimum absolute atomic E-state index is 0.133. The van der Waals surface area contributed by atoms with Crippen molar-refractivity contribution < 1.29 is 28.4 Å². The maximum Gasteiger partial charge on any atom is 0.326 e. The Morgan fingerprint density at radius 1 is 1.43 bits per heavy atom. The van der Waals surface area contributed by atoms with Gasteiger partial charge in [0.2, 0.25) is 5.82 Å². The van der Waals surface area contributed by atoms with Crippen molar-refractivity contribution in [3.8, 4) is 0 Å². The first-order valence-corrected chi connectivity index (χ1v) is 5.56. The van der Waals surface area contributed by atoms with E-state index in [1.165, 1.54) is 6.08 Å². The first kappa shape index (κ1) is 16.2. The van der Waals surface area contributed by atoms with Gasteiger partial charge in [0, 0.05) is 12.1 Å². The average Bonchev–Trinajstić information content (AvgIpc) is 2.37. The topological polar surface area (TPSA) is 110 Å². The van der Waals surface area contributed by atoms with E-state index in [1.807, 2.05) is 5.32 Å². The molecule has 0 aliphatic rings. The Morgan fingerprint density at radius 2 is 2.05 bits per heavy atom. The Labute approximate surface area is 117 Å². The number of halogens is 2. The molecule has 1 unspecified atom stereocenters. The number of hydrogen-bond acceptors (Lipinski definition) is 4. The summed E-state index contributed by atoms with van der Waals surface area (Å²) in [6, 6.07) is -0.776. The number of rotatable bonds is 6. The minimum atomic E-state index is -1.44. The molecule has 1 aromatic carbocycles. The number of nitrogens with one attached hydrogen (secondary N) is 1. The summed E-state index contributed by atoms with van der Waals surface area (Å²) in [5.41, 5.74) is -1.91. The van der Waals surface area contributed by atoms with Crippen LogP contribution in [0.2, 0.25) is 0 Å². The monoisotopic (exact) mass is 300 g/mol. The summed E-state index contributed by atoms with van der Waals surface area (Å²) in [4.78, 5) is 32.0. The molecule has 0 bridgehead atoms. The molecule has 0 spiro atoms. The Balaban J connectivity index is 3.12. The SMILES string of the molecule is C=CCC(NC(=O)c1cc([N+](=O)[O-])c(F)cc1F)C(=O)O. The maximum absolute atomic E-state index is 13.5. The van der Waals surface area contributed by atoms with Crippen molar-refractivity contribution in [1.29, 1.82) is 0 Å². The van der Waals surface area contributed by atoms with Gasteiger partial charge in [-0.3, -0.25) is 14.9 Å². The molecular weight excluding hydrogens is 290 g/mol. The molecule has 1 amide bonds. The number of benzene rings is 1. The highest BCUT2D eigenvalue weighted by Gasteiger charge is 2.25. The van der Waals surface area contributed by atoms with Crippen LogP contribution in [0.25, 0.3) is 0 Å². The highest BCUT2D eigenvalue weighted by Crippen LogP contribution is 2.21. The first-order valence-electron chi connectivity index (χ1n) is 5.56. The van der Waals surface area contributed by atoms with E-state index in [0.717, 1.165) is 0 Å². The van der Waals surface area contributed by atoms with Crippen LogP contribution in [-0.4, -0.2) is 27.9 Å². The number of carbonyl (C=O) groups is 2. The number of nitro groups is 1. The third kappa shape index (κ3) is 3.81. The molecule has 0 heterocycles. The van der Waals surface area contributed by atoms with Crippen molar-refractivity contribution in [3.05, 3.63) is 52.1 Å². The van der Waals surface area contributed by atoms with Gasteiger partial charge in [0.05, 0.1) is 10.5 Å². The summed E-state index contributed by atoms with van der Waals surface area (Å²) < 4.78 is 26.6. The van der Waals surface area contributed by atoms with Gasteiger partial charge in [0.25, 0.3) is 5.91 Å². The second kappa shape index (κ2) is 6.55. The molecule has 0 aliphatic carbocycles. The number of nitro benzene ring substituents is 1. The number of aliphatic carboxylic acids is 1. The van der Waals surface area contributed by atoms with Crippen molar-refractivity contribution in [2.75, 3.05) is 0 Å². The van der Waals surface area contributed by atoms with Crippen LogP contribution in [0, 0.1) is 21.7 Å². The largest absolute Gasteiger partial charge is 0.480 e. The van der Waals surface area contributed by atoms with Gasteiger partial charge in [0.15, 0.2) is 0 Å². The van der Waals surface area contributed by atoms with Crippen LogP contribution >= 0.6 is 0 Å². The zero-order valence-electron chi connectivity index (χ0n) is 10.5. The highest BCUT2D eigenvalue weighted by molar-refractivity contribution is 5.97. The molecule has 1 aromatic rings. The van der Waals surface area contributed by atoms with E-state index >= 15 is 0 Å². The van der Waals surface area contributed by atoms with Crippen LogP contribution in [0.1, 0.15) is 16.8 Å². The Bertz CT molecular complexity index is 618. The Morgan fingerprint density at radius 3 is 2.52 bits per heavy atom. The van der Waals surface area contributed by atoms with Crippen LogP contribution in [0.3, 0.4) is 0 Å². The van der Waals surface area contributed by atoms with Crippen LogP contribution in [0.15, 0.2) is 24.8 Å². The molecule has 2 N–H and O–H groups in total. The third-order valence-corrected chi connectivity index (χ3v) is 2.48. The molecule has 1 rings (SSSR count). The zero-order valence-corrected chi connectivity index (χ0v) is 10.5. The smallest absolute Gasteiger partial charge is 0.326 e. The fourth-order valence-corrected chi connectivity index (χ4v) is 1.48. The standard InChI is InChI=1S/C12H10F2N2O5/c1-2-3-9(12(18)19)15-11(17)6-4-10(16(20)21)8(14)5-7(6)13/h2,4-5,9H,1,3H2,(H,15,17)(H,18,19). The van der Waals surface area contributed by atoms with E-state index in [9.17, 15) is 28.5 Å². The highest BCUT2D eigenvalue weighted by atomic mass is 19.1. The van der Waals surface area contributed by atoms with Gasteiger partial charge < -0.3 is 10.4 Å². The fourth-order valence-electron chi connectivity index (χ4n) is 1.48. The lowest BCUT2D eigenvalue weighted by Crippen LogP contribution is -2.40. The predicted molar refractivity (Wildman–Crippen MR) is 66.7 cm³/mol. The minimum Gasteiger partial charge on any atom is -0.480 e. The second-order valence-electron chi connectivity index (χ2n) is 3.93. The van der Waals surface area contributed by atoms with E-state index in [-0.39, 0.29) is 12.5 Å². The number of carboxylic acids is 1. The van der Waals surface area contributed by atoms with Gasteiger partial charge in [0.1, 0.15) is 11.9 Å². The second-order valence-corrected chi connectivity index (χ2v) is 3.93. The fraction of sp³-hybridized carbons (Fsp3) is 0.167. The summed E-state index contributed by atoms with van der Waals surface area (Å²) in [6.45, 7) is 3.30. The summed E-state index contributed by atoms with van der Waals surface area (Å²) in [6.07, 6.45) is 1.09.